The topological polar surface area (TPSA) is 79.5 Å². The fourth-order valence-corrected chi connectivity index (χ4v) is 2.08. The molecule has 0 aromatic rings. The largest absolute Gasteiger partial charge is 0.385 e. The van der Waals surface area contributed by atoms with E-state index >= 15 is 0 Å². The maximum absolute atomic E-state index is 11.1. The van der Waals surface area contributed by atoms with Gasteiger partial charge in [0.25, 0.3) is 0 Å². The van der Waals surface area contributed by atoms with E-state index in [1.165, 1.54) is 0 Å². The lowest BCUT2D eigenvalue weighted by Gasteiger charge is -2.39. The third-order valence-corrected chi connectivity index (χ3v) is 3.00. The van der Waals surface area contributed by atoms with E-state index in [1.807, 2.05) is 0 Å². The van der Waals surface area contributed by atoms with E-state index in [1.54, 1.807) is 0 Å². The Morgan fingerprint density at radius 2 is 2.46 bits per heavy atom. The number of carbonyl (C=O) groups is 1. The van der Waals surface area contributed by atoms with E-state index in [0.717, 1.165) is 19.5 Å². The van der Waals surface area contributed by atoms with Crippen LogP contribution in [-0.2, 0) is 0 Å². The van der Waals surface area contributed by atoms with Crippen molar-refractivity contribution in [3.05, 3.63) is 0 Å². The molecule has 0 radical (unpaired) electrons. The zero-order chi connectivity index (χ0) is 9.47. The fourth-order valence-electron chi connectivity index (χ4n) is 2.08. The SMILES string of the molecule is CC1CNCCC12NC(=O)N=C2N. The van der Waals surface area contributed by atoms with Crippen LogP contribution in [0.4, 0.5) is 4.79 Å². The normalized spacial score (nSPS) is 39.0. The minimum atomic E-state index is -0.373. The van der Waals surface area contributed by atoms with Crippen LogP contribution < -0.4 is 16.4 Å². The van der Waals surface area contributed by atoms with Crippen LogP contribution in [-0.4, -0.2) is 30.5 Å². The maximum Gasteiger partial charge on any atom is 0.343 e. The number of amidine groups is 1. The predicted octanol–water partition coefficient (Wildman–Crippen LogP) is -0.565. The highest BCUT2D eigenvalue weighted by molar-refractivity contribution is 6.06. The van der Waals surface area contributed by atoms with Gasteiger partial charge in [-0.15, -0.1) is 0 Å². The molecule has 2 amide bonds. The van der Waals surface area contributed by atoms with Gasteiger partial charge in [-0.1, -0.05) is 6.92 Å². The molecule has 2 aliphatic heterocycles. The summed E-state index contributed by atoms with van der Waals surface area (Å²) in [5.41, 5.74) is 5.39. The van der Waals surface area contributed by atoms with Crippen molar-refractivity contribution in [1.82, 2.24) is 10.6 Å². The second kappa shape index (κ2) is 2.70. The van der Waals surface area contributed by atoms with Gasteiger partial charge in [0.2, 0.25) is 0 Å². The van der Waals surface area contributed by atoms with Gasteiger partial charge < -0.3 is 16.4 Å². The standard InChI is InChI=1S/C8H14N4O/c1-5-4-10-3-2-8(5)6(9)11-7(13)12-8/h5,10H,2-4H2,1H3,(H3,9,11,12,13). The molecule has 0 bridgehead atoms. The Hall–Kier alpha value is -1.10. The Kier molecular flexibility index (Phi) is 1.76. The monoisotopic (exact) mass is 182 g/mol. The van der Waals surface area contributed by atoms with E-state index in [-0.39, 0.29) is 11.6 Å². The first-order valence-corrected chi connectivity index (χ1v) is 4.52. The second-order valence-corrected chi connectivity index (χ2v) is 3.75. The molecule has 2 unspecified atom stereocenters. The van der Waals surface area contributed by atoms with Gasteiger partial charge >= 0.3 is 6.03 Å². The van der Waals surface area contributed by atoms with Crippen LogP contribution in [0.15, 0.2) is 4.99 Å². The van der Waals surface area contributed by atoms with Crippen molar-refractivity contribution in [3.8, 4) is 0 Å². The van der Waals surface area contributed by atoms with Crippen molar-refractivity contribution < 1.29 is 4.79 Å². The van der Waals surface area contributed by atoms with Gasteiger partial charge in [-0.2, -0.15) is 4.99 Å². The predicted molar refractivity (Wildman–Crippen MR) is 49.5 cm³/mol. The van der Waals surface area contributed by atoms with Gasteiger partial charge in [0.1, 0.15) is 11.4 Å². The van der Waals surface area contributed by atoms with Crippen LogP contribution in [0, 0.1) is 5.92 Å². The Labute approximate surface area is 76.8 Å². The van der Waals surface area contributed by atoms with Crippen LogP contribution >= 0.6 is 0 Å². The molecule has 2 rings (SSSR count). The lowest BCUT2D eigenvalue weighted by Crippen LogP contribution is -2.62. The number of nitrogens with one attached hydrogen (secondary N) is 2. The molecule has 4 N–H and O–H groups in total. The average molecular weight is 182 g/mol. The van der Waals surface area contributed by atoms with Crippen LogP contribution in [0.2, 0.25) is 0 Å². The van der Waals surface area contributed by atoms with Crippen molar-refractivity contribution in [1.29, 1.82) is 0 Å². The molecule has 2 atom stereocenters. The Morgan fingerprint density at radius 1 is 1.69 bits per heavy atom. The lowest BCUT2D eigenvalue weighted by atomic mass is 9.79. The van der Waals surface area contributed by atoms with E-state index in [2.05, 4.69) is 22.5 Å². The molecule has 0 aliphatic carbocycles. The van der Waals surface area contributed by atoms with Crippen molar-refractivity contribution in [3.63, 3.8) is 0 Å². The summed E-state index contributed by atoms with van der Waals surface area (Å²) >= 11 is 0. The molecule has 0 saturated carbocycles. The molecule has 5 heteroatoms. The van der Waals surface area contributed by atoms with Crippen molar-refractivity contribution in [2.24, 2.45) is 16.6 Å². The van der Waals surface area contributed by atoms with Gasteiger partial charge in [0.05, 0.1) is 0 Å². The summed E-state index contributed by atoms with van der Waals surface area (Å²) in [7, 11) is 0. The van der Waals surface area contributed by atoms with E-state index in [4.69, 9.17) is 5.73 Å². The van der Waals surface area contributed by atoms with Crippen LogP contribution in [0.3, 0.4) is 0 Å². The third kappa shape index (κ3) is 1.11. The molecule has 0 aromatic heterocycles. The minimum Gasteiger partial charge on any atom is -0.385 e. The Bertz CT molecular complexity index is 275. The second-order valence-electron chi connectivity index (χ2n) is 3.75. The van der Waals surface area contributed by atoms with E-state index in [0.29, 0.717) is 11.8 Å². The molecule has 72 valence electrons. The first-order valence-electron chi connectivity index (χ1n) is 4.52. The number of urea groups is 1. The van der Waals surface area contributed by atoms with E-state index < -0.39 is 0 Å². The maximum atomic E-state index is 11.1. The average Bonchev–Trinajstić information content (AvgIpc) is 2.35. The summed E-state index contributed by atoms with van der Waals surface area (Å²) < 4.78 is 0. The van der Waals surface area contributed by atoms with Crippen LogP contribution in [0.1, 0.15) is 13.3 Å². The summed E-state index contributed by atoms with van der Waals surface area (Å²) in [6, 6.07) is -0.300. The summed E-state index contributed by atoms with van der Waals surface area (Å²) in [5, 5.41) is 6.12. The van der Waals surface area contributed by atoms with Crippen LogP contribution in [0.5, 0.6) is 0 Å². The molecule has 13 heavy (non-hydrogen) atoms. The van der Waals surface area contributed by atoms with Gasteiger partial charge in [-0.3, -0.25) is 0 Å². The molecule has 1 saturated heterocycles. The lowest BCUT2D eigenvalue weighted by molar-refractivity contribution is 0.223. The molecule has 2 aliphatic rings. The summed E-state index contributed by atoms with van der Waals surface area (Å²) in [6.07, 6.45) is 0.829. The molecular weight excluding hydrogens is 168 g/mol. The van der Waals surface area contributed by atoms with Crippen molar-refractivity contribution in [2.45, 2.75) is 18.9 Å². The molecule has 1 spiro atoms. The number of hydrogen-bond acceptors (Lipinski definition) is 3. The molecule has 2 heterocycles. The van der Waals surface area contributed by atoms with Crippen molar-refractivity contribution >= 4 is 11.9 Å². The first kappa shape index (κ1) is 8.50. The highest BCUT2D eigenvalue weighted by atomic mass is 16.2. The molecular formula is C8H14N4O. The van der Waals surface area contributed by atoms with Gasteiger partial charge in [-0.25, -0.2) is 4.79 Å². The quantitative estimate of drug-likeness (QED) is 0.469. The fraction of sp³-hybridized carbons (Fsp3) is 0.750. The zero-order valence-electron chi connectivity index (χ0n) is 7.63. The minimum absolute atomic E-state index is 0.300. The number of carbonyl (C=O) groups excluding carboxylic acids is 1. The van der Waals surface area contributed by atoms with Gasteiger partial charge in [-0.05, 0) is 18.9 Å². The number of rotatable bonds is 0. The number of hydrogen-bond donors (Lipinski definition) is 3. The Morgan fingerprint density at radius 3 is 3.00 bits per heavy atom. The number of piperidine rings is 1. The zero-order valence-corrected chi connectivity index (χ0v) is 7.63. The van der Waals surface area contributed by atoms with Crippen LogP contribution in [0.25, 0.3) is 0 Å². The summed E-state index contributed by atoms with van der Waals surface area (Å²) in [4.78, 5) is 14.8. The molecule has 1 fully saturated rings. The summed E-state index contributed by atoms with van der Waals surface area (Å²) in [6.45, 7) is 3.82. The number of aliphatic imine (C=N–C) groups is 1. The molecule has 0 aromatic carbocycles. The highest BCUT2D eigenvalue weighted by Gasteiger charge is 2.46. The van der Waals surface area contributed by atoms with Gasteiger partial charge in [0.15, 0.2) is 0 Å². The van der Waals surface area contributed by atoms with E-state index in [9.17, 15) is 4.79 Å². The summed E-state index contributed by atoms with van der Waals surface area (Å²) in [5.74, 6) is 0.753. The number of nitrogens with two attached hydrogens (primary N) is 1. The highest BCUT2D eigenvalue weighted by Crippen LogP contribution is 2.27. The van der Waals surface area contributed by atoms with Gasteiger partial charge in [0, 0.05) is 6.54 Å². The Balaban J connectivity index is 2.29. The number of amides is 2. The smallest absolute Gasteiger partial charge is 0.343 e. The molecule has 5 nitrogen and oxygen atoms in total. The third-order valence-electron chi connectivity index (χ3n) is 3.00. The number of nitrogens with zero attached hydrogens (tertiary/aromatic N) is 1. The van der Waals surface area contributed by atoms with Crippen molar-refractivity contribution in [2.75, 3.05) is 13.1 Å². The first-order chi connectivity index (χ1) is 6.15.